The predicted molar refractivity (Wildman–Crippen MR) is 78.2 cm³/mol. The van der Waals surface area contributed by atoms with E-state index >= 15 is 0 Å². The molecule has 2 heterocycles. The molecule has 0 atom stereocenters. The Bertz CT molecular complexity index is 790. The van der Waals surface area contributed by atoms with Gasteiger partial charge < -0.3 is 9.72 Å². The van der Waals surface area contributed by atoms with E-state index < -0.39 is 0 Å². The highest BCUT2D eigenvalue weighted by Crippen LogP contribution is 2.14. The average Bonchev–Trinajstić information content (AvgIpc) is 2.97. The number of H-pyrrole nitrogens is 1. The van der Waals surface area contributed by atoms with Crippen LogP contribution in [0.3, 0.4) is 0 Å². The Hall–Kier alpha value is -2.89. The first kappa shape index (κ1) is 13.1. The molecule has 1 N–H and O–H groups in total. The van der Waals surface area contributed by atoms with Gasteiger partial charge in [-0.05, 0) is 17.7 Å². The number of hydrogen-bond donors (Lipinski definition) is 1. The average molecular weight is 282 g/mol. The Morgan fingerprint density at radius 3 is 2.81 bits per heavy atom. The number of nitrogens with zero attached hydrogens (tertiary/aromatic N) is 3. The Balaban J connectivity index is 1.82. The van der Waals surface area contributed by atoms with E-state index in [9.17, 15) is 4.79 Å². The number of aromatic nitrogens is 4. The van der Waals surface area contributed by atoms with Gasteiger partial charge in [0, 0.05) is 24.2 Å². The van der Waals surface area contributed by atoms with Crippen LogP contribution in [0.5, 0.6) is 5.75 Å². The maximum absolute atomic E-state index is 11.7. The van der Waals surface area contributed by atoms with Crippen LogP contribution in [-0.4, -0.2) is 26.9 Å². The molecule has 0 saturated heterocycles. The summed E-state index contributed by atoms with van der Waals surface area (Å²) in [5, 5.41) is 4.26. The van der Waals surface area contributed by atoms with Crippen molar-refractivity contribution in [3.8, 4) is 17.0 Å². The fraction of sp³-hybridized carbons (Fsp3) is 0.133. The second-order valence-electron chi connectivity index (χ2n) is 4.54. The second kappa shape index (κ2) is 5.62. The van der Waals surface area contributed by atoms with E-state index in [2.05, 4.69) is 15.1 Å². The van der Waals surface area contributed by atoms with Crippen molar-refractivity contribution in [3.05, 3.63) is 65.0 Å². The van der Waals surface area contributed by atoms with E-state index in [-0.39, 0.29) is 5.56 Å². The van der Waals surface area contributed by atoms with Gasteiger partial charge in [0.15, 0.2) is 0 Å². The van der Waals surface area contributed by atoms with Crippen LogP contribution in [0.4, 0.5) is 0 Å². The molecule has 0 spiro atoms. The summed E-state index contributed by atoms with van der Waals surface area (Å²) >= 11 is 0. The molecule has 0 aliphatic heterocycles. The molecular formula is C15H14N4O2. The van der Waals surface area contributed by atoms with Gasteiger partial charge in [-0.25, -0.2) is 4.98 Å². The normalized spacial score (nSPS) is 10.5. The first-order valence-corrected chi connectivity index (χ1v) is 6.46. The Morgan fingerprint density at radius 1 is 1.29 bits per heavy atom. The number of nitrogens with one attached hydrogen (secondary N) is 1. The summed E-state index contributed by atoms with van der Waals surface area (Å²) in [6, 6.07) is 7.77. The summed E-state index contributed by atoms with van der Waals surface area (Å²) in [7, 11) is 1.64. The van der Waals surface area contributed by atoms with Crippen molar-refractivity contribution in [2.75, 3.05) is 7.11 Å². The van der Waals surface area contributed by atoms with Crippen LogP contribution < -0.4 is 10.3 Å². The standard InChI is InChI=1S/C15H14N4O2/c1-21-13-4-2-11(3-5-13)9-19-10-12(8-18-19)14-15(20)17-7-6-16-14/h2-8,10H,9H2,1H3,(H,17,20). The van der Waals surface area contributed by atoms with Gasteiger partial charge in [-0.1, -0.05) is 12.1 Å². The SMILES string of the molecule is COc1ccc(Cn2cc(-c3ncc[nH]c3=O)cn2)cc1. The molecule has 0 unspecified atom stereocenters. The smallest absolute Gasteiger partial charge is 0.274 e. The largest absolute Gasteiger partial charge is 0.497 e. The highest BCUT2D eigenvalue weighted by Gasteiger charge is 2.07. The topological polar surface area (TPSA) is 72.8 Å². The van der Waals surface area contributed by atoms with Gasteiger partial charge in [0.25, 0.3) is 5.56 Å². The zero-order chi connectivity index (χ0) is 14.7. The second-order valence-corrected chi connectivity index (χ2v) is 4.54. The van der Waals surface area contributed by atoms with Gasteiger partial charge in [0.05, 0.1) is 19.9 Å². The lowest BCUT2D eigenvalue weighted by Crippen LogP contribution is -2.09. The third kappa shape index (κ3) is 2.84. The maximum Gasteiger partial charge on any atom is 0.274 e. The monoisotopic (exact) mass is 282 g/mol. The maximum atomic E-state index is 11.7. The highest BCUT2D eigenvalue weighted by molar-refractivity contribution is 5.55. The van der Waals surface area contributed by atoms with E-state index in [4.69, 9.17) is 4.74 Å². The van der Waals surface area contributed by atoms with E-state index in [0.717, 1.165) is 11.3 Å². The molecule has 6 heteroatoms. The fourth-order valence-electron chi connectivity index (χ4n) is 2.05. The van der Waals surface area contributed by atoms with E-state index in [1.165, 1.54) is 6.20 Å². The molecule has 0 bridgehead atoms. The Kier molecular flexibility index (Phi) is 3.51. The molecular weight excluding hydrogens is 268 g/mol. The van der Waals surface area contributed by atoms with Crippen LogP contribution in [0.1, 0.15) is 5.56 Å². The summed E-state index contributed by atoms with van der Waals surface area (Å²) < 4.78 is 6.89. The zero-order valence-corrected chi connectivity index (χ0v) is 11.5. The first-order valence-electron chi connectivity index (χ1n) is 6.46. The van der Waals surface area contributed by atoms with Crippen molar-refractivity contribution >= 4 is 0 Å². The van der Waals surface area contributed by atoms with Gasteiger partial charge in [-0.3, -0.25) is 9.48 Å². The lowest BCUT2D eigenvalue weighted by molar-refractivity contribution is 0.414. The van der Waals surface area contributed by atoms with Crippen molar-refractivity contribution in [3.63, 3.8) is 0 Å². The summed E-state index contributed by atoms with van der Waals surface area (Å²) in [5.41, 5.74) is 1.95. The lowest BCUT2D eigenvalue weighted by atomic mass is 10.2. The van der Waals surface area contributed by atoms with E-state index in [1.807, 2.05) is 30.5 Å². The molecule has 0 radical (unpaired) electrons. The fourth-order valence-corrected chi connectivity index (χ4v) is 2.05. The van der Waals surface area contributed by atoms with Crippen LogP contribution in [0.15, 0.2) is 53.8 Å². The summed E-state index contributed by atoms with van der Waals surface area (Å²) in [6.45, 7) is 0.620. The van der Waals surface area contributed by atoms with Gasteiger partial charge >= 0.3 is 0 Å². The van der Waals surface area contributed by atoms with Crippen molar-refractivity contribution in [2.24, 2.45) is 0 Å². The van der Waals surface area contributed by atoms with Crippen LogP contribution >= 0.6 is 0 Å². The molecule has 0 amide bonds. The molecule has 3 aromatic rings. The summed E-state index contributed by atoms with van der Waals surface area (Å²) in [6.07, 6.45) is 6.51. The van der Waals surface area contributed by atoms with Crippen LogP contribution in [0.25, 0.3) is 11.3 Å². The molecule has 1 aromatic carbocycles. The van der Waals surface area contributed by atoms with Crippen LogP contribution in [0.2, 0.25) is 0 Å². The Labute approximate surface area is 121 Å². The molecule has 21 heavy (non-hydrogen) atoms. The van der Waals surface area contributed by atoms with Gasteiger partial charge in [0.2, 0.25) is 0 Å². The summed E-state index contributed by atoms with van der Waals surface area (Å²) in [5.74, 6) is 0.819. The molecule has 3 rings (SSSR count). The minimum Gasteiger partial charge on any atom is -0.497 e. The minimum atomic E-state index is -0.221. The highest BCUT2D eigenvalue weighted by atomic mass is 16.5. The number of hydrogen-bond acceptors (Lipinski definition) is 4. The van der Waals surface area contributed by atoms with Gasteiger partial charge in [0.1, 0.15) is 11.4 Å². The van der Waals surface area contributed by atoms with Crippen molar-refractivity contribution < 1.29 is 4.74 Å². The molecule has 6 nitrogen and oxygen atoms in total. The minimum absolute atomic E-state index is 0.221. The molecule has 0 saturated carbocycles. The third-order valence-electron chi connectivity index (χ3n) is 3.12. The third-order valence-corrected chi connectivity index (χ3v) is 3.12. The number of ether oxygens (including phenoxy) is 1. The molecule has 106 valence electrons. The zero-order valence-electron chi connectivity index (χ0n) is 11.5. The molecule has 0 fully saturated rings. The first-order chi connectivity index (χ1) is 10.3. The lowest BCUT2D eigenvalue weighted by Gasteiger charge is -2.03. The number of benzene rings is 1. The van der Waals surface area contributed by atoms with Crippen LogP contribution in [-0.2, 0) is 6.54 Å². The molecule has 0 aliphatic rings. The van der Waals surface area contributed by atoms with Gasteiger partial charge in [-0.2, -0.15) is 5.10 Å². The van der Waals surface area contributed by atoms with Crippen molar-refractivity contribution in [1.82, 2.24) is 19.7 Å². The number of methoxy groups -OCH3 is 1. The van der Waals surface area contributed by atoms with Crippen molar-refractivity contribution in [2.45, 2.75) is 6.54 Å². The number of rotatable bonds is 4. The summed E-state index contributed by atoms with van der Waals surface area (Å²) in [4.78, 5) is 18.4. The van der Waals surface area contributed by atoms with Crippen molar-refractivity contribution in [1.29, 1.82) is 0 Å². The van der Waals surface area contributed by atoms with Crippen LogP contribution in [0, 0.1) is 0 Å². The van der Waals surface area contributed by atoms with E-state index in [1.54, 1.807) is 24.2 Å². The molecule has 2 aromatic heterocycles. The van der Waals surface area contributed by atoms with Gasteiger partial charge in [-0.15, -0.1) is 0 Å². The quantitative estimate of drug-likeness (QED) is 0.790. The predicted octanol–water partition coefficient (Wildman–Crippen LogP) is 1.69. The Morgan fingerprint density at radius 2 is 2.10 bits per heavy atom. The molecule has 0 aliphatic carbocycles. The number of aromatic amines is 1. The van der Waals surface area contributed by atoms with E-state index in [0.29, 0.717) is 17.8 Å².